The third-order valence-electron chi connectivity index (χ3n) is 11.6. The van der Waals surface area contributed by atoms with Gasteiger partial charge in [0.2, 0.25) is 0 Å². The molecule has 0 N–H and O–H groups in total. The molecule has 10 aromatic rings. The maximum atomic E-state index is 2.38. The molecule has 0 unspecified atom stereocenters. The van der Waals surface area contributed by atoms with E-state index in [1.807, 2.05) is 22.7 Å². The predicted molar refractivity (Wildman–Crippen MR) is 256 cm³/mol. The van der Waals surface area contributed by atoms with Crippen molar-refractivity contribution in [3.8, 4) is 0 Å². The summed E-state index contributed by atoms with van der Waals surface area (Å²) in [5, 5.41) is 7.93. The van der Waals surface area contributed by atoms with E-state index < -0.39 is 0 Å². The van der Waals surface area contributed by atoms with Gasteiger partial charge in [-0.05, 0) is 118 Å². The van der Waals surface area contributed by atoms with Gasteiger partial charge >= 0.3 is 0 Å². The lowest BCUT2D eigenvalue weighted by atomic mass is 9.87. The highest BCUT2D eigenvalue weighted by Crippen LogP contribution is 2.47. The third kappa shape index (κ3) is 6.32. The van der Waals surface area contributed by atoms with Gasteiger partial charge in [0.15, 0.2) is 0 Å². The zero-order valence-electron chi connectivity index (χ0n) is 33.9. The van der Waals surface area contributed by atoms with Crippen molar-refractivity contribution < 1.29 is 0 Å². The van der Waals surface area contributed by atoms with E-state index in [4.69, 9.17) is 0 Å². The Morgan fingerprint density at radius 1 is 0.310 bits per heavy atom. The normalized spacial score (nSPS) is 12.3. The van der Waals surface area contributed by atoms with Crippen molar-refractivity contribution in [3.05, 3.63) is 181 Å². The molecule has 0 aliphatic rings. The van der Waals surface area contributed by atoms with Gasteiger partial charge in [0, 0.05) is 74.5 Å². The summed E-state index contributed by atoms with van der Waals surface area (Å²) in [6.07, 6.45) is 0. The van der Waals surface area contributed by atoms with Crippen LogP contribution in [0.25, 0.3) is 51.1 Å². The number of hydrogen-bond donors (Lipinski definition) is 0. The highest BCUT2D eigenvalue weighted by molar-refractivity contribution is 7.26. The molecule has 0 amide bonds. The fourth-order valence-corrected chi connectivity index (χ4v) is 10.8. The quantitative estimate of drug-likeness (QED) is 0.166. The number of anilines is 6. The first-order valence-electron chi connectivity index (χ1n) is 20.2. The number of nitrogens with zero attached hydrogens (tertiary/aromatic N) is 2. The number of para-hydroxylation sites is 2. The maximum absolute atomic E-state index is 2.38. The van der Waals surface area contributed by atoms with E-state index in [-0.39, 0.29) is 10.8 Å². The molecule has 0 spiro atoms. The molecular formula is C54H46N2S2. The lowest BCUT2D eigenvalue weighted by Crippen LogP contribution is -2.13. The molecular weight excluding hydrogens is 741 g/mol. The van der Waals surface area contributed by atoms with E-state index in [0.717, 1.165) is 34.1 Å². The highest BCUT2D eigenvalue weighted by atomic mass is 32.1. The van der Waals surface area contributed by atoms with Crippen LogP contribution >= 0.6 is 22.7 Å². The van der Waals surface area contributed by atoms with Crippen molar-refractivity contribution in [2.45, 2.75) is 52.4 Å². The molecule has 0 fully saturated rings. The Bertz CT molecular complexity index is 2890. The topological polar surface area (TPSA) is 6.48 Å². The number of hydrogen-bond acceptors (Lipinski definition) is 4. The Balaban J connectivity index is 1.08. The number of thiophene rings is 2. The molecule has 0 aliphatic carbocycles. The van der Waals surface area contributed by atoms with Crippen LogP contribution in [0.4, 0.5) is 34.1 Å². The standard InChI is InChI=1S/C54H46N2S2/c1-53(2,3)35-17-21-39(22-18-35)55(37-13-9-7-10-14-37)41-25-27-45-49(33-41)57-47-31-29-44-43(51(45)47)30-32-48-52(44)46-28-26-42(34-50(46)58-48)56(38-15-11-8-12-16-38)40-23-19-36(20-24-40)54(4,5)6/h7-34H,1-6H3. The van der Waals surface area contributed by atoms with Gasteiger partial charge in [-0.25, -0.2) is 0 Å². The molecule has 284 valence electrons. The van der Waals surface area contributed by atoms with Crippen molar-refractivity contribution in [1.82, 2.24) is 0 Å². The van der Waals surface area contributed by atoms with E-state index in [2.05, 4.69) is 221 Å². The number of fused-ring (bicyclic) bond motifs is 9. The first kappa shape index (κ1) is 36.4. The van der Waals surface area contributed by atoms with Crippen LogP contribution in [0.5, 0.6) is 0 Å². The van der Waals surface area contributed by atoms with Crippen LogP contribution in [0.2, 0.25) is 0 Å². The van der Waals surface area contributed by atoms with Gasteiger partial charge in [0.05, 0.1) is 0 Å². The molecule has 2 nitrogen and oxygen atoms in total. The lowest BCUT2D eigenvalue weighted by Gasteiger charge is -2.27. The van der Waals surface area contributed by atoms with Gasteiger partial charge < -0.3 is 9.80 Å². The van der Waals surface area contributed by atoms with Crippen molar-refractivity contribution in [2.75, 3.05) is 9.80 Å². The second-order valence-electron chi connectivity index (χ2n) is 17.5. The van der Waals surface area contributed by atoms with E-state index >= 15 is 0 Å². The molecule has 0 radical (unpaired) electrons. The monoisotopic (exact) mass is 786 g/mol. The number of rotatable bonds is 6. The zero-order valence-corrected chi connectivity index (χ0v) is 35.5. The summed E-state index contributed by atoms with van der Waals surface area (Å²) in [7, 11) is 0. The van der Waals surface area contributed by atoms with Crippen LogP contribution in [0.15, 0.2) is 170 Å². The summed E-state index contributed by atoms with van der Waals surface area (Å²) in [6, 6.07) is 63.0. The molecule has 10 rings (SSSR count). The molecule has 0 bridgehead atoms. The largest absolute Gasteiger partial charge is 0.310 e. The maximum Gasteiger partial charge on any atom is 0.0476 e. The second-order valence-corrected chi connectivity index (χ2v) is 19.6. The molecule has 0 saturated carbocycles. The van der Waals surface area contributed by atoms with Crippen LogP contribution in [-0.4, -0.2) is 0 Å². The molecule has 0 aliphatic heterocycles. The average molecular weight is 787 g/mol. The van der Waals surface area contributed by atoms with Crippen LogP contribution in [0.3, 0.4) is 0 Å². The molecule has 58 heavy (non-hydrogen) atoms. The van der Waals surface area contributed by atoms with Gasteiger partial charge in [-0.2, -0.15) is 0 Å². The minimum Gasteiger partial charge on any atom is -0.310 e. The van der Waals surface area contributed by atoms with Crippen molar-refractivity contribution in [2.24, 2.45) is 0 Å². The van der Waals surface area contributed by atoms with E-state index in [0.29, 0.717) is 0 Å². The Morgan fingerprint density at radius 2 is 0.638 bits per heavy atom. The Hall–Kier alpha value is -5.94. The summed E-state index contributed by atoms with van der Waals surface area (Å²) in [5.74, 6) is 0. The Labute approximate surface area is 349 Å². The van der Waals surface area contributed by atoms with Crippen LogP contribution in [0, 0.1) is 0 Å². The minimum absolute atomic E-state index is 0.0988. The first-order valence-corrected chi connectivity index (χ1v) is 21.8. The smallest absolute Gasteiger partial charge is 0.0476 e. The first-order chi connectivity index (χ1) is 28.0. The van der Waals surface area contributed by atoms with E-state index in [1.165, 1.54) is 62.2 Å². The van der Waals surface area contributed by atoms with Crippen LogP contribution in [0.1, 0.15) is 52.7 Å². The fourth-order valence-electron chi connectivity index (χ4n) is 8.48. The SMILES string of the molecule is CC(C)(C)c1ccc(N(c2ccccc2)c2ccc3c(c2)sc2ccc4c(ccc5sc6cc(N(c7ccccc7)c7ccc(C(C)(C)C)cc7)ccc6c54)c23)cc1. The van der Waals surface area contributed by atoms with Gasteiger partial charge in [0.1, 0.15) is 0 Å². The summed E-state index contributed by atoms with van der Waals surface area (Å²) < 4.78 is 5.22. The number of benzene rings is 8. The third-order valence-corrected chi connectivity index (χ3v) is 13.8. The summed E-state index contributed by atoms with van der Waals surface area (Å²) in [5.41, 5.74) is 9.80. The highest BCUT2D eigenvalue weighted by Gasteiger charge is 2.21. The summed E-state index contributed by atoms with van der Waals surface area (Å²) >= 11 is 3.78. The zero-order chi connectivity index (χ0) is 39.8. The van der Waals surface area contributed by atoms with E-state index in [9.17, 15) is 0 Å². The van der Waals surface area contributed by atoms with E-state index in [1.54, 1.807) is 0 Å². The van der Waals surface area contributed by atoms with Gasteiger partial charge in [-0.1, -0.05) is 126 Å². The lowest BCUT2D eigenvalue weighted by molar-refractivity contribution is 0.590. The van der Waals surface area contributed by atoms with Gasteiger partial charge in [0.25, 0.3) is 0 Å². The Morgan fingerprint density at radius 3 is 1.00 bits per heavy atom. The minimum atomic E-state index is 0.0988. The molecule has 0 saturated heterocycles. The average Bonchev–Trinajstić information content (AvgIpc) is 3.80. The Kier molecular flexibility index (Phi) is 8.70. The molecule has 0 atom stereocenters. The van der Waals surface area contributed by atoms with Crippen molar-refractivity contribution >= 4 is 108 Å². The van der Waals surface area contributed by atoms with Crippen LogP contribution < -0.4 is 9.80 Å². The molecule has 2 aromatic heterocycles. The second kappa shape index (κ2) is 13.9. The molecule has 2 heterocycles. The molecule has 4 heteroatoms. The van der Waals surface area contributed by atoms with Crippen LogP contribution in [-0.2, 0) is 10.8 Å². The summed E-state index contributed by atoms with van der Waals surface area (Å²) in [6.45, 7) is 13.6. The molecule has 8 aromatic carbocycles. The fraction of sp³-hybridized carbons (Fsp3) is 0.148. The van der Waals surface area contributed by atoms with Crippen molar-refractivity contribution in [1.29, 1.82) is 0 Å². The van der Waals surface area contributed by atoms with Crippen molar-refractivity contribution in [3.63, 3.8) is 0 Å². The summed E-state index contributed by atoms with van der Waals surface area (Å²) in [4.78, 5) is 4.76. The predicted octanol–water partition coefficient (Wildman–Crippen LogP) is 17.1. The van der Waals surface area contributed by atoms with Gasteiger partial charge in [-0.3, -0.25) is 0 Å². The van der Waals surface area contributed by atoms with Gasteiger partial charge in [-0.15, -0.1) is 22.7 Å².